The van der Waals surface area contributed by atoms with E-state index in [0.29, 0.717) is 62.6 Å². The predicted molar refractivity (Wildman–Crippen MR) is 132 cm³/mol. The monoisotopic (exact) mass is 473 g/mol. The second-order valence-corrected chi connectivity index (χ2v) is 8.54. The summed E-state index contributed by atoms with van der Waals surface area (Å²) in [7, 11) is 0. The van der Waals surface area contributed by atoms with E-state index in [1.54, 1.807) is 10.7 Å². The van der Waals surface area contributed by atoms with Crippen LogP contribution in [-0.4, -0.2) is 59.8 Å². The van der Waals surface area contributed by atoms with Gasteiger partial charge in [0.05, 0.1) is 24.6 Å². The number of ketones is 1. The summed E-state index contributed by atoms with van der Waals surface area (Å²) in [5.74, 6) is 0.796. The normalized spacial score (nSPS) is 13.8. The lowest BCUT2D eigenvalue weighted by atomic mass is 10.1. The van der Waals surface area contributed by atoms with Crippen molar-refractivity contribution < 1.29 is 18.7 Å². The molecule has 0 bridgehead atoms. The number of nitrogens with one attached hydrogen (secondary N) is 1. The van der Waals surface area contributed by atoms with Crippen LogP contribution >= 0.6 is 0 Å². The molecule has 9 nitrogen and oxygen atoms in total. The second kappa shape index (κ2) is 10.1. The molecule has 0 saturated carbocycles. The summed E-state index contributed by atoms with van der Waals surface area (Å²) >= 11 is 0. The lowest BCUT2D eigenvalue weighted by Crippen LogP contribution is -2.36. The molecule has 0 unspecified atom stereocenters. The van der Waals surface area contributed by atoms with E-state index in [1.165, 1.54) is 5.56 Å². The summed E-state index contributed by atoms with van der Waals surface area (Å²) in [6.07, 6.45) is 3.34. The average Bonchev–Trinajstić information content (AvgIpc) is 3.54. The van der Waals surface area contributed by atoms with E-state index < -0.39 is 0 Å². The number of fused-ring (bicyclic) bond motifs is 1. The van der Waals surface area contributed by atoms with Crippen molar-refractivity contribution in [2.75, 3.05) is 37.7 Å². The SMILES string of the molecule is Cc1cccc(-c2ccn(-c3cc(N4CCOCC4)c4oc(C(=O)CCCNC=O)cc4n3)n2)c1. The summed E-state index contributed by atoms with van der Waals surface area (Å²) in [6.45, 7) is 5.17. The van der Waals surface area contributed by atoms with Gasteiger partial charge >= 0.3 is 0 Å². The fourth-order valence-corrected chi connectivity index (χ4v) is 4.23. The standard InChI is InChI=1S/C26H27N5O4/c1-18-4-2-5-19(14-18)20-7-9-31(29-20)25-16-22(30-10-12-34-13-11-30)26-21(28-25)15-24(35-26)23(33)6-3-8-27-17-32/h2,4-5,7,9,14-17H,3,6,8,10-13H2,1H3,(H,27,32). The number of morpholine rings is 1. The Bertz CT molecular complexity index is 1350. The summed E-state index contributed by atoms with van der Waals surface area (Å²) in [6, 6.07) is 13.8. The van der Waals surface area contributed by atoms with Gasteiger partial charge in [-0.05, 0) is 25.5 Å². The van der Waals surface area contributed by atoms with Gasteiger partial charge in [0.25, 0.3) is 0 Å². The second-order valence-electron chi connectivity index (χ2n) is 8.54. The van der Waals surface area contributed by atoms with Gasteiger partial charge < -0.3 is 19.4 Å². The zero-order valence-corrected chi connectivity index (χ0v) is 19.6. The number of hydrogen-bond acceptors (Lipinski definition) is 7. The number of aromatic nitrogens is 3. The Labute approximate surface area is 202 Å². The Kier molecular flexibility index (Phi) is 6.58. The number of benzene rings is 1. The van der Waals surface area contributed by atoms with Crippen molar-refractivity contribution in [1.29, 1.82) is 0 Å². The highest BCUT2D eigenvalue weighted by Gasteiger charge is 2.22. The molecule has 180 valence electrons. The molecular weight excluding hydrogens is 446 g/mol. The minimum absolute atomic E-state index is 0.119. The Hall–Kier alpha value is -3.98. The van der Waals surface area contributed by atoms with Crippen molar-refractivity contribution in [3.8, 4) is 17.1 Å². The van der Waals surface area contributed by atoms with Gasteiger partial charge in [-0.15, -0.1) is 0 Å². The van der Waals surface area contributed by atoms with Crippen LogP contribution < -0.4 is 10.2 Å². The highest BCUT2D eigenvalue weighted by atomic mass is 16.5. The topological polar surface area (TPSA) is 102 Å². The van der Waals surface area contributed by atoms with Gasteiger partial charge in [-0.2, -0.15) is 5.10 Å². The number of hydrogen-bond donors (Lipinski definition) is 1. The van der Waals surface area contributed by atoms with Gasteiger partial charge in [-0.3, -0.25) is 9.59 Å². The van der Waals surface area contributed by atoms with Crippen LogP contribution in [0.3, 0.4) is 0 Å². The van der Waals surface area contributed by atoms with Crippen molar-refractivity contribution in [2.24, 2.45) is 0 Å². The number of amides is 1. The van der Waals surface area contributed by atoms with E-state index in [2.05, 4.69) is 29.3 Å². The van der Waals surface area contributed by atoms with Crippen molar-refractivity contribution in [3.63, 3.8) is 0 Å². The summed E-state index contributed by atoms with van der Waals surface area (Å²) < 4.78 is 13.3. The molecule has 1 amide bonds. The van der Waals surface area contributed by atoms with Crippen LogP contribution in [0.2, 0.25) is 0 Å². The van der Waals surface area contributed by atoms with Crippen molar-refractivity contribution in [3.05, 3.63) is 60.0 Å². The zero-order chi connectivity index (χ0) is 24.2. The maximum absolute atomic E-state index is 12.7. The molecule has 4 heterocycles. The number of aryl methyl sites for hydroxylation is 1. The molecular formula is C26H27N5O4. The smallest absolute Gasteiger partial charge is 0.207 e. The van der Waals surface area contributed by atoms with Crippen LogP contribution in [0.5, 0.6) is 0 Å². The average molecular weight is 474 g/mol. The number of rotatable bonds is 9. The first-order valence-corrected chi connectivity index (χ1v) is 11.7. The van der Waals surface area contributed by atoms with E-state index >= 15 is 0 Å². The molecule has 1 saturated heterocycles. The van der Waals surface area contributed by atoms with Gasteiger partial charge in [0, 0.05) is 49.9 Å². The molecule has 1 aliphatic heterocycles. The molecule has 0 radical (unpaired) electrons. The number of pyridine rings is 1. The molecule has 0 spiro atoms. The Balaban J connectivity index is 1.51. The highest BCUT2D eigenvalue weighted by molar-refractivity contribution is 5.99. The molecule has 9 heteroatoms. The summed E-state index contributed by atoms with van der Waals surface area (Å²) in [5.41, 5.74) is 5.11. The fourth-order valence-electron chi connectivity index (χ4n) is 4.23. The molecule has 3 aromatic heterocycles. The third-order valence-electron chi connectivity index (χ3n) is 6.02. The number of nitrogens with zero attached hydrogens (tertiary/aromatic N) is 4. The van der Waals surface area contributed by atoms with Gasteiger partial charge in [0.15, 0.2) is 22.9 Å². The number of anilines is 1. The van der Waals surface area contributed by atoms with Crippen LogP contribution in [0.25, 0.3) is 28.2 Å². The van der Waals surface area contributed by atoms with Gasteiger partial charge in [-0.25, -0.2) is 9.67 Å². The Morgan fingerprint density at radius 1 is 1.17 bits per heavy atom. The van der Waals surface area contributed by atoms with E-state index in [4.69, 9.17) is 19.2 Å². The molecule has 4 aromatic rings. The lowest BCUT2D eigenvalue weighted by molar-refractivity contribution is -0.109. The first-order valence-electron chi connectivity index (χ1n) is 11.7. The van der Waals surface area contributed by atoms with Gasteiger partial charge in [-0.1, -0.05) is 23.8 Å². The molecule has 1 aromatic carbocycles. The lowest BCUT2D eigenvalue weighted by Gasteiger charge is -2.28. The predicted octanol–water partition coefficient (Wildman–Crippen LogP) is 3.53. The largest absolute Gasteiger partial charge is 0.449 e. The maximum Gasteiger partial charge on any atom is 0.207 e. The highest BCUT2D eigenvalue weighted by Crippen LogP contribution is 2.32. The van der Waals surface area contributed by atoms with Crippen molar-refractivity contribution in [2.45, 2.75) is 19.8 Å². The van der Waals surface area contributed by atoms with E-state index in [1.807, 2.05) is 30.5 Å². The van der Waals surface area contributed by atoms with Gasteiger partial charge in [0.1, 0.15) is 5.52 Å². The van der Waals surface area contributed by atoms with Crippen LogP contribution in [0.4, 0.5) is 5.69 Å². The summed E-state index contributed by atoms with van der Waals surface area (Å²) in [5, 5.41) is 7.34. The van der Waals surface area contributed by atoms with Crippen LogP contribution in [0.15, 0.2) is 53.1 Å². The van der Waals surface area contributed by atoms with Crippen LogP contribution in [0, 0.1) is 6.92 Å². The summed E-state index contributed by atoms with van der Waals surface area (Å²) in [4.78, 5) is 30.1. The maximum atomic E-state index is 12.7. The first kappa shape index (κ1) is 22.8. The molecule has 1 N–H and O–H groups in total. The van der Waals surface area contributed by atoms with Gasteiger partial charge in [0.2, 0.25) is 6.41 Å². The number of carbonyl (C=O) groups is 2. The number of furan rings is 1. The van der Waals surface area contributed by atoms with E-state index in [9.17, 15) is 9.59 Å². The zero-order valence-electron chi connectivity index (χ0n) is 19.6. The molecule has 35 heavy (non-hydrogen) atoms. The molecule has 5 rings (SSSR count). The first-order chi connectivity index (χ1) is 17.1. The van der Waals surface area contributed by atoms with E-state index in [0.717, 1.165) is 16.9 Å². The number of ether oxygens (including phenoxy) is 1. The number of carbonyl (C=O) groups excluding carboxylic acids is 2. The molecule has 0 aliphatic carbocycles. The van der Waals surface area contributed by atoms with Crippen molar-refractivity contribution in [1.82, 2.24) is 20.1 Å². The minimum atomic E-state index is -0.119. The Morgan fingerprint density at radius 3 is 2.83 bits per heavy atom. The van der Waals surface area contributed by atoms with Crippen LogP contribution in [-0.2, 0) is 9.53 Å². The van der Waals surface area contributed by atoms with Crippen molar-refractivity contribution >= 4 is 29.0 Å². The molecule has 1 fully saturated rings. The quantitative estimate of drug-likeness (QED) is 0.225. The minimum Gasteiger partial charge on any atom is -0.449 e. The third-order valence-corrected chi connectivity index (χ3v) is 6.02. The number of Topliss-reactive ketones (excluding diaryl/α,β-unsaturated/α-hetero) is 1. The fraction of sp³-hybridized carbons (Fsp3) is 0.308. The third kappa shape index (κ3) is 4.95. The van der Waals surface area contributed by atoms with E-state index in [-0.39, 0.29) is 18.0 Å². The Morgan fingerprint density at radius 2 is 2.03 bits per heavy atom. The molecule has 0 atom stereocenters. The molecule has 1 aliphatic rings. The van der Waals surface area contributed by atoms with Crippen LogP contribution in [0.1, 0.15) is 29.0 Å².